The molecule has 20 heavy (non-hydrogen) atoms. The van der Waals surface area contributed by atoms with Gasteiger partial charge in [0.15, 0.2) is 0 Å². The molecule has 3 rings (SSSR count). The molecular weight excluding hydrogens is 256 g/mol. The molecule has 1 heterocycles. The predicted molar refractivity (Wildman–Crippen MR) is 72.1 cm³/mol. The number of likely N-dealkylation sites (tertiary alicyclic amines) is 1. The molecule has 1 saturated carbocycles. The summed E-state index contributed by atoms with van der Waals surface area (Å²) in [7, 11) is 0. The monoisotopic (exact) mass is 276 g/mol. The summed E-state index contributed by atoms with van der Waals surface area (Å²) in [5.74, 6) is -1.09. The molecule has 3 aliphatic rings. The Kier molecular flexibility index (Phi) is 3.15. The highest BCUT2D eigenvalue weighted by Gasteiger charge is 2.60. The number of carbonyl (C=O) groups is 3. The number of nitrogens with zero attached hydrogens (tertiary/aromatic N) is 1. The lowest BCUT2D eigenvalue weighted by atomic mass is 9.85. The van der Waals surface area contributed by atoms with Crippen molar-refractivity contribution in [3.05, 3.63) is 12.2 Å². The van der Waals surface area contributed by atoms with Crippen LogP contribution in [0.5, 0.6) is 0 Å². The number of nitrogens with two attached hydrogens (primary N) is 1. The first-order chi connectivity index (χ1) is 9.56. The molecule has 0 aromatic rings. The second kappa shape index (κ2) is 4.72. The van der Waals surface area contributed by atoms with Crippen LogP contribution in [0.4, 0.5) is 0 Å². The number of amides is 3. The fourth-order valence-corrected chi connectivity index (χ4v) is 4.03. The number of fused-ring (bicyclic) bond motifs is 5. The summed E-state index contributed by atoms with van der Waals surface area (Å²) in [6.45, 7) is 2.00. The van der Waals surface area contributed by atoms with E-state index in [0.29, 0.717) is 6.42 Å². The maximum Gasteiger partial charge on any atom is 0.240 e. The Balaban J connectivity index is 1.86. The van der Waals surface area contributed by atoms with E-state index in [2.05, 4.69) is 0 Å². The Morgan fingerprint density at radius 2 is 1.85 bits per heavy atom. The summed E-state index contributed by atoms with van der Waals surface area (Å²) in [5, 5.41) is 0. The second-order valence-electron chi connectivity index (χ2n) is 6.11. The highest BCUT2D eigenvalue weighted by molar-refractivity contribution is 6.09. The highest BCUT2D eigenvalue weighted by atomic mass is 16.2. The van der Waals surface area contributed by atoms with Crippen LogP contribution in [-0.2, 0) is 14.4 Å². The topological polar surface area (TPSA) is 80.5 Å². The van der Waals surface area contributed by atoms with Crippen molar-refractivity contribution in [2.45, 2.75) is 38.6 Å². The van der Waals surface area contributed by atoms with Gasteiger partial charge >= 0.3 is 0 Å². The zero-order valence-electron chi connectivity index (χ0n) is 11.6. The van der Waals surface area contributed by atoms with E-state index in [4.69, 9.17) is 5.73 Å². The third kappa shape index (κ3) is 1.72. The third-order valence-corrected chi connectivity index (χ3v) is 4.98. The van der Waals surface area contributed by atoms with E-state index in [-0.39, 0.29) is 35.5 Å². The van der Waals surface area contributed by atoms with Crippen molar-refractivity contribution in [1.29, 1.82) is 0 Å². The van der Waals surface area contributed by atoms with Crippen LogP contribution >= 0.6 is 0 Å². The zero-order chi connectivity index (χ0) is 14.4. The molecule has 2 fully saturated rings. The van der Waals surface area contributed by atoms with Crippen molar-refractivity contribution in [1.82, 2.24) is 4.90 Å². The molecule has 5 atom stereocenters. The van der Waals surface area contributed by atoms with Crippen LogP contribution in [0.2, 0.25) is 0 Å². The standard InChI is InChI=1S/C15H20N2O3/c1-2-3-4-10(13(16)18)17-14(19)11-8-5-6-9(7-8)12(11)15(17)20/h5-6,8-12H,2-4,7H2,1H3,(H2,16,18)/t8-,9-,10+,11-,12+/m0/s1. The smallest absolute Gasteiger partial charge is 0.240 e. The van der Waals surface area contributed by atoms with E-state index < -0.39 is 11.9 Å². The van der Waals surface area contributed by atoms with Crippen LogP contribution in [0.1, 0.15) is 32.6 Å². The molecule has 0 radical (unpaired) electrons. The lowest BCUT2D eigenvalue weighted by molar-refractivity contribution is -0.148. The fraction of sp³-hybridized carbons (Fsp3) is 0.667. The molecule has 1 saturated heterocycles. The molecule has 0 unspecified atom stereocenters. The molecule has 2 bridgehead atoms. The minimum atomic E-state index is -0.764. The van der Waals surface area contributed by atoms with E-state index in [9.17, 15) is 14.4 Å². The first-order valence-electron chi connectivity index (χ1n) is 7.40. The van der Waals surface area contributed by atoms with Gasteiger partial charge < -0.3 is 5.73 Å². The first-order valence-corrected chi connectivity index (χ1v) is 7.40. The molecule has 5 nitrogen and oxygen atoms in total. The average molecular weight is 276 g/mol. The highest BCUT2D eigenvalue weighted by Crippen LogP contribution is 2.52. The second-order valence-corrected chi connectivity index (χ2v) is 6.11. The van der Waals surface area contributed by atoms with Crippen LogP contribution in [0, 0.1) is 23.7 Å². The van der Waals surface area contributed by atoms with Gasteiger partial charge in [-0.2, -0.15) is 0 Å². The summed E-state index contributed by atoms with van der Waals surface area (Å²) in [5.41, 5.74) is 5.42. The number of carbonyl (C=O) groups excluding carboxylic acids is 3. The lowest BCUT2D eigenvalue weighted by Gasteiger charge is -2.25. The predicted octanol–water partition coefficient (Wildman–Crippen LogP) is 0.838. The van der Waals surface area contributed by atoms with E-state index in [1.807, 2.05) is 19.1 Å². The average Bonchev–Trinajstić information content (AvgIpc) is 3.07. The minimum absolute atomic E-state index is 0.172. The molecular formula is C15H20N2O3. The first kappa shape index (κ1) is 13.3. The van der Waals surface area contributed by atoms with Crippen LogP contribution in [0.3, 0.4) is 0 Å². The maximum absolute atomic E-state index is 12.6. The molecule has 3 amide bonds. The number of imide groups is 1. The van der Waals surface area contributed by atoms with Gasteiger partial charge in [0.25, 0.3) is 0 Å². The van der Waals surface area contributed by atoms with Crippen LogP contribution in [0.25, 0.3) is 0 Å². The number of hydrogen-bond acceptors (Lipinski definition) is 3. The van der Waals surface area contributed by atoms with Gasteiger partial charge in [0.1, 0.15) is 6.04 Å². The molecule has 1 aliphatic heterocycles. The Bertz CT molecular complexity index is 469. The Morgan fingerprint density at radius 1 is 1.30 bits per heavy atom. The number of rotatable bonds is 5. The van der Waals surface area contributed by atoms with Crippen LogP contribution in [0.15, 0.2) is 12.2 Å². The molecule has 2 N–H and O–H groups in total. The summed E-state index contributed by atoms with van der Waals surface area (Å²) in [6.07, 6.45) is 7.16. The molecule has 108 valence electrons. The van der Waals surface area contributed by atoms with Crippen molar-refractivity contribution in [2.75, 3.05) is 0 Å². The van der Waals surface area contributed by atoms with Crippen molar-refractivity contribution in [3.8, 4) is 0 Å². The van der Waals surface area contributed by atoms with Gasteiger partial charge in [-0.3, -0.25) is 19.3 Å². The quantitative estimate of drug-likeness (QED) is 0.597. The van der Waals surface area contributed by atoms with Gasteiger partial charge in [-0.25, -0.2) is 0 Å². The summed E-state index contributed by atoms with van der Waals surface area (Å²) < 4.78 is 0. The van der Waals surface area contributed by atoms with Gasteiger partial charge in [0, 0.05) is 0 Å². The summed E-state index contributed by atoms with van der Waals surface area (Å²) in [6, 6.07) is -0.764. The van der Waals surface area contributed by atoms with Crippen molar-refractivity contribution < 1.29 is 14.4 Å². The Labute approximate surface area is 118 Å². The number of unbranched alkanes of at least 4 members (excludes halogenated alkanes) is 1. The number of allylic oxidation sites excluding steroid dienone is 2. The van der Waals surface area contributed by atoms with Crippen LogP contribution < -0.4 is 5.73 Å². The summed E-state index contributed by atoms with van der Waals surface area (Å²) >= 11 is 0. The normalized spacial score (nSPS) is 35.8. The summed E-state index contributed by atoms with van der Waals surface area (Å²) in [4.78, 5) is 37.9. The minimum Gasteiger partial charge on any atom is -0.368 e. The van der Waals surface area contributed by atoms with Crippen molar-refractivity contribution >= 4 is 17.7 Å². The van der Waals surface area contributed by atoms with Gasteiger partial charge in [-0.1, -0.05) is 31.9 Å². The lowest BCUT2D eigenvalue weighted by Crippen LogP contribution is -2.49. The Morgan fingerprint density at radius 3 is 2.30 bits per heavy atom. The molecule has 2 aliphatic carbocycles. The van der Waals surface area contributed by atoms with Gasteiger partial charge in [0.2, 0.25) is 17.7 Å². The Hall–Kier alpha value is -1.65. The maximum atomic E-state index is 12.6. The zero-order valence-corrected chi connectivity index (χ0v) is 11.6. The third-order valence-electron chi connectivity index (χ3n) is 4.98. The van der Waals surface area contributed by atoms with E-state index in [1.54, 1.807) is 0 Å². The largest absolute Gasteiger partial charge is 0.368 e. The van der Waals surface area contributed by atoms with E-state index >= 15 is 0 Å². The van der Waals surface area contributed by atoms with E-state index in [0.717, 1.165) is 19.3 Å². The SMILES string of the molecule is CCCC[C@H](C(N)=O)N1C(=O)[C@@H]2[C@H](C1=O)[C@H]1C=C[C@H]2C1. The van der Waals surface area contributed by atoms with Crippen molar-refractivity contribution in [3.63, 3.8) is 0 Å². The fourth-order valence-electron chi connectivity index (χ4n) is 4.03. The van der Waals surface area contributed by atoms with Crippen LogP contribution in [-0.4, -0.2) is 28.7 Å². The molecule has 0 spiro atoms. The van der Waals surface area contributed by atoms with E-state index in [1.165, 1.54) is 4.90 Å². The van der Waals surface area contributed by atoms with Gasteiger partial charge in [-0.15, -0.1) is 0 Å². The van der Waals surface area contributed by atoms with Gasteiger partial charge in [-0.05, 0) is 24.7 Å². The van der Waals surface area contributed by atoms with Gasteiger partial charge in [0.05, 0.1) is 11.8 Å². The molecule has 5 heteroatoms. The molecule has 0 aromatic carbocycles. The number of primary amides is 1. The van der Waals surface area contributed by atoms with Crippen molar-refractivity contribution in [2.24, 2.45) is 29.4 Å². The molecule has 0 aromatic heterocycles. The number of hydrogen-bond donors (Lipinski definition) is 1.